The molecule has 0 rings (SSSR count). The van der Waals surface area contributed by atoms with Gasteiger partial charge in [-0.15, -0.1) is 0 Å². The smallest absolute Gasteiger partial charge is 0.325 e. The van der Waals surface area contributed by atoms with Crippen LogP contribution < -0.4 is 33.2 Å². The van der Waals surface area contributed by atoms with Gasteiger partial charge in [0, 0.05) is 13.0 Å². The maximum Gasteiger partial charge on any atom is 0.325 e. The van der Waals surface area contributed by atoms with Gasteiger partial charge in [0.15, 0.2) is 5.96 Å². The van der Waals surface area contributed by atoms with Gasteiger partial charge in [-0.3, -0.25) is 29.0 Å². The summed E-state index contributed by atoms with van der Waals surface area (Å²) in [7, 11) is 0. The van der Waals surface area contributed by atoms with E-state index in [0.717, 1.165) is 0 Å². The van der Waals surface area contributed by atoms with E-state index in [-0.39, 0.29) is 31.8 Å². The third-order valence-electron chi connectivity index (χ3n) is 3.79. The number of hydrogen-bond acceptors (Lipinski definition) is 7. The van der Waals surface area contributed by atoms with Gasteiger partial charge in [0.2, 0.25) is 17.7 Å². The Labute approximate surface area is 172 Å². The number of aliphatic carboxylic acids is 2. The van der Waals surface area contributed by atoms with Crippen LogP contribution in [0.1, 0.15) is 32.6 Å². The minimum Gasteiger partial charge on any atom is -0.481 e. The fourth-order valence-corrected chi connectivity index (χ4v) is 2.21. The normalized spacial score (nSPS) is 13.3. The molecule has 3 unspecified atom stereocenters. The van der Waals surface area contributed by atoms with E-state index in [0.29, 0.717) is 0 Å². The maximum atomic E-state index is 12.6. The van der Waals surface area contributed by atoms with E-state index in [9.17, 15) is 24.0 Å². The third-order valence-corrected chi connectivity index (χ3v) is 3.79. The topological polar surface area (TPSA) is 252 Å². The molecule has 0 aromatic heterocycles. The number of carbonyl (C=O) groups excluding carboxylic acids is 3. The first-order valence-electron chi connectivity index (χ1n) is 9.08. The van der Waals surface area contributed by atoms with Crippen LogP contribution in [0.3, 0.4) is 0 Å². The van der Waals surface area contributed by atoms with Crippen molar-refractivity contribution in [1.82, 2.24) is 16.0 Å². The fraction of sp³-hybridized carbons (Fsp3) is 0.625. The summed E-state index contributed by atoms with van der Waals surface area (Å²) in [5.41, 5.74) is 15.6. The summed E-state index contributed by atoms with van der Waals surface area (Å²) in [5.74, 6) is -4.89. The summed E-state index contributed by atoms with van der Waals surface area (Å²) >= 11 is 0. The Hall–Kier alpha value is -3.42. The summed E-state index contributed by atoms with van der Waals surface area (Å²) in [6.07, 6.45) is -0.328. The number of carbonyl (C=O) groups is 5. The molecule has 14 heteroatoms. The molecule has 11 N–H and O–H groups in total. The summed E-state index contributed by atoms with van der Waals surface area (Å²) in [6, 6.07) is -3.63. The lowest BCUT2D eigenvalue weighted by molar-refractivity contribution is -0.141. The van der Waals surface area contributed by atoms with E-state index in [2.05, 4.69) is 20.9 Å². The molecule has 0 fully saturated rings. The van der Waals surface area contributed by atoms with Gasteiger partial charge in [0.1, 0.15) is 18.1 Å². The molecule has 3 amide bonds. The molecule has 0 bridgehead atoms. The molecule has 0 saturated heterocycles. The van der Waals surface area contributed by atoms with Gasteiger partial charge in [0.25, 0.3) is 0 Å². The van der Waals surface area contributed by atoms with Crippen molar-refractivity contribution in [2.75, 3.05) is 13.1 Å². The number of nitrogens with two attached hydrogens (primary N) is 3. The van der Waals surface area contributed by atoms with E-state index in [4.69, 9.17) is 27.4 Å². The van der Waals surface area contributed by atoms with Crippen molar-refractivity contribution in [3.8, 4) is 0 Å². The van der Waals surface area contributed by atoms with Crippen molar-refractivity contribution in [3.05, 3.63) is 0 Å². The molecule has 170 valence electrons. The highest BCUT2D eigenvalue weighted by molar-refractivity contribution is 5.93. The lowest BCUT2D eigenvalue weighted by atomic mass is 10.1. The fourth-order valence-electron chi connectivity index (χ4n) is 2.21. The minimum absolute atomic E-state index is 0.0528. The maximum absolute atomic E-state index is 12.6. The Morgan fingerprint density at radius 3 is 2.00 bits per heavy atom. The molecule has 0 spiro atoms. The minimum atomic E-state index is -1.27. The van der Waals surface area contributed by atoms with Crippen LogP contribution in [-0.2, 0) is 24.0 Å². The highest BCUT2D eigenvalue weighted by atomic mass is 16.4. The van der Waals surface area contributed by atoms with Crippen molar-refractivity contribution in [1.29, 1.82) is 0 Å². The molecule has 0 aromatic rings. The van der Waals surface area contributed by atoms with Crippen molar-refractivity contribution in [2.45, 2.75) is 50.7 Å². The van der Waals surface area contributed by atoms with Crippen molar-refractivity contribution in [3.63, 3.8) is 0 Å². The molecular formula is C16H29N7O7. The first-order chi connectivity index (χ1) is 14.0. The molecular weight excluding hydrogens is 402 g/mol. The molecule has 0 heterocycles. The van der Waals surface area contributed by atoms with Gasteiger partial charge >= 0.3 is 11.9 Å². The molecule has 0 aliphatic carbocycles. The van der Waals surface area contributed by atoms with E-state index >= 15 is 0 Å². The number of carboxylic acids is 2. The number of nitrogens with one attached hydrogen (secondary N) is 3. The SMILES string of the molecule is CC(NC(=O)C(CCCN=C(N)N)NC(=O)C(CCC(=O)O)NC(=O)CN)C(=O)O. The molecule has 0 saturated carbocycles. The second kappa shape index (κ2) is 13.7. The van der Waals surface area contributed by atoms with Crippen LogP contribution in [0.15, 0.2) is 4.99 Å². The zero-order chi connectivity index (χ0) is 23.3. The van der Waals surface area contributed by atoms with Crippen LogP contribution in [0, 0.1) is 0 Å². The van der Waals surface area contributed by atoms with Gasteiger partial charge in [-0.05, 0) is 26.2 Å². The van der Waals surface area contributed by atoms with Gasteiger partial charge in [-0.2, -0.15) is 0 Å². The second-order valence-electron chi connectivity index (χ2n) is 6.34. The Kier molecular flexibility index (Phi) is 12.1. The number of rotatable bonds is 14. The van der Waals surface area contributed by atoms with E-state index in [1.807, 2.05) is 0 Å². The van der Waals surface area contributed by atoms with E-state index in [1.165, 1.54) is 6.92 Å². The van der Waals surface area contributed by atoms with Crippen LogP contribution in [0.25, 0.3) is 0 Å². The molecule has 3 atom stereocenters. The lowest BCUT2D eigenvalue weighted by Gasteiger charge is -2.23. The Morgan fingerprint density at radius 2 is 1.50 bits per heavy atom. The largest absolute Gasteiger partial charge is 0.481 e. The molecule has 0 radical (unpaired) electrons. The van der Waals surface area contributed by atoms with E-state index in [1.54, 1.807) is 0 Å². The first-order valence-corrected chi connectivity index (χ1v) is 9.08. The lowest BCUT2D eigenvalue weighted by Crippen LogP contribution is -2.56. The number of amides is 3. The predicted octanol–water partition coefficient (Wildman–Crippen LogP) is -3.58. The number of carboxylic acid groups (broad SMARTS) is 2. The van der Waals surface area contributed by atoms with E-state index < -0.39 is 60.8 Å². The molecule has 0 aliphatic rings. The highest BCUT2D eigenvalue weighted by Crippen LogP contribution is 2.04. The Morgan fingerprint density at radius 1 is 0.933 bits per heavy atom. The first kappa shape index (κ1) is 26.6. The Balaban J connectivity index is 5.30. The average Bonchev–Trinajstić information content (AvgIpc) is 2.66. The number of guanidine groups is 1. The zero-order valence-electron chi connectivity index (χ0n) is 16.6. The molecule has 30 heavy (non-hydrogen) atoms. The number of nitrogens with zero attached hydrogens (tertiary/aromatic N) is 1. The summed E-state index contributed by atoms with van der Waals surface area (Å²) < 4.78 is 0. The van der Waals surface area contributed by atoms with Gasteiger partial charge in [0.05, 0.1) is 6.54 Å². The highest BCUT2D eigenvalue weighted by Gasteiger charge is 2.28. The van der Waals surface area contributed by atoms with Gasteiger partial charge in [-0.25, -0.2) is 0 Å². The number of hydrogen-bond donors (Lipinski definition) is 8. The monoisotopic (exact) mass is 431 g/mol. The third kappa shape index (κ3) is 11.4. The summed E-state index contributed by atoms with van der Waals surface area (Å²) in [5, 5.41) is 24.7. The molecule has 14 nitrogen and oxygen atoms in total. The van der Waals surface area contributed by atoms with Crippen molar-refractivity contribution < 1.29 is 34.2 Å². The second-order valence-corrected chi connectivity index (χ2v) is 6.34. The standard InChI is InChI=1S/C16H29N7O7/c1-8(15(29)30)21-13(27)9(3-2-6-20-16(18)19)23-14(28)10(4-5-12(25)26)22-11(24)7-17/h8-10H,2-7,17H2,1H3,(H,21,27)(H,22,24)(H,23,28)(H,25,26)(H,29,30)(H4,18,19,20). The predicted molar refractivity (Wildman–Crippen MR) is 105 cm³/mol. The number of aliphatic imine (C=N–C) groups is 1. The quantitative estimate of drug-likeness (QED) is 0.0762. The Bertz CT molecular complexity index is 664. The van der Waals surface area contributed by atoms with Gasteiger partial charge in [-0.1, -0.05) is 0 Å². The van der Waals surface area contributed by atoms with Crippen LogP contribution in [0.5, 0.6) is 0 Å². The van der Waals surface area contributed by atoms with Crippen molar-refractivity contribution >= 4 is 35.6 Å². The average molecular weight is 431 g/mol. The molecule has 0 aromatic carbocycles. The van der Waals surface area contributed by atoms with Crippen LogP contribution in [0.2, 0.25) is 0 Å². The van der Waals surface area contributed by atoms with Crippen LogP contribution in [0.4, 0.5) is 0 Å². The zero-order valence-corrected chi connectivity index (χ0v) is 16.6. The van der Waals surface area contributed by atoms with Gasteiger partial charge < -0.3 is 43.4 Å². The summed E-state index contributed by atoms with van der Waals surface area (Å²) in [4.78, 5) is 62.0. The van der Waals surface area contributed by atoms with Crippen LogP contribution in [-0.4, -0.2) is 77.0 Å². The van der Waals surface area contributed by atoms with Crippen molar-refractivity contribution in [2.24, 2.45) is 22.2 Å². The molecule has 0 aliphatic heterocycles. The van der Waals surface area contributed by atoms with Crippen LogP contribution >= 0.6 is 0 Å². The summed E-state index contributed by atoms with van der Waals surface area (Å²) in [6.45, 7) is 0.980.